The van der Waals surface area contributed by atoms with Gasteiger partial charge in [-0.05, 0) is 36.4 Å². The molecule has 27 heavy (non-hydrogen) atoms. The van der Waals surface area contributed by atoms with Gasteiger partial charge in [0.2, 0.25) is 10.0 Å². The topological polar surface area (TPSA) is 84.9 Å². The van der Waals surface area contributed by atoms with Crippen LogP contribution in [0.15, 0.2) is 59.5 Å². The molecule has 144 valence electrons. The van der Waals surface area contributed by atoms with Gasteiger partial charge in [-0.2, -0.15) is 4.31 Å². The number of carbonyl (C=O) groups excluding carboxylic acids is 1. The molecule has 0 aromatic heterocycles. The summed E-state index contributed by atoms with van der Waals surface area (Å²) in [5.74, 6) is 0.385. The van der Waals surface area contributed by atoms with E-state index in [0.29, 0.717) is 44.2 Å². The van der Waals surface area contributed by atoms with E-state index in [1.165, 1.54) is 16.4 Å². The third-order valence-electron chi connectivity index (χ3n) is 4.12. The quantitative estimate of drug-likeness (QED) is 0.725. The first-order valence-corrected chi connectivity index (χ1v) is 10.2. The highest BCUT2D eigenvalue weighted by atomic mass is 32.2. The number of hydrogen-bond donors (Lipinski definition) is 1. The van der Waals surface area contributed by atoms with Crippen molar-refractivity contribution in [1.82, 2.24) is 9.62 Å². The fourth-order valence-corrected chi connectivity index (χ4v) is 4.08. The molecule has 1 saturated heterocycles. The summed E-state index contributed by atoms with van der Waals surface area (Å²) in [6.45, 7) is 2.18. The van der Waals surface area contributed by atoms with Crippen LogP contribution >= 0.6 is 0 Å². The Bertz CT molecular complexity index is 847. The average molecular weight is 390 g/mol. The Labute approximate surface area is 158 Å². The van der Waals surface area contributed by atoms with Gasteiger partial charge in [-0.3, -0.25) is 4.79 Å². The average Bonchev–Trinajstić information content (AvgIpc) is 2.72. The van der Waals surface area contributed by atoms with Gasteiger partial charge >= 0.3 is 0 Å². The summed E-state index contributed by atoms with van der Waals surface area (Å²) in [6, 6.07) is 15.2. The molecule has 1 N–H and O–H groups in total. The van der Waals surface area contributed by atoms with Gasteiger partial charge < -0.3 is 14.8 Å². The molecular weight excluding hydrogens is 368 g/mol. The molecule has 1 amide bonds. The number of nitrogens with one attached hydrogen (secondary N) is 1. The van der Waals surface area contributed by atoms with Crippen molar-refractivity contribution in [3.8, 4) is 5.75 Å². The summed E-state index contributed by atoms with van der Waals surface area (Å²) in [5.41, 5.74) is 0.593. The molecule has 0 atom stereocenters. The number of benzene rings is 2. The zero-order chi connectivity index (χ0) is 19.1. The van der Waals surface area contributed by atoms with Crippen molar-refractivity contribution < 1.29 is 22.7 Å². The molecule has 2 aromatic carbocycles. The van der Waals surface area contributed by atoms with Gasteiger partial charge in [-0.1, -0.05) is 18.2 Å². The molecule has 1 fully saturated rings. The minimum atomic E-state index is -3.51. The Hall–Kier alpha value is -2.42. The maximum Gasteiger partial charge on any atom is 0.251 e. The van der Waals surface area contributed by atoms with Crippen LogP contribution in [0.1, 0.15) is 10.4 Å². The summed E-state index contributed by atoms with van der Waals surface area (Å²) < 4.78 is 37.3. The number of nitrogens with zero attached hydrogens (tertiary/aromatic N) is 1. The van der Waals surface area contributed by atoms with Crippen LogP contribution in [0.5, 0.6) is 5.75 Å². The van der Waals surface area contributed by atoms with E-state index in [0.717, 1.165) is 0 Å². The first kappa shape index (κ1) is 19.3. The van der Waals surface area contributed by atoms with Crippen LogP contribution in [0.3, 0.4) is 0 Å². The molecule has 0 unspecified atom stereocenters. The molecule has 1 heterocycles. The molecule has 0 spiro atoms. The van der Waals surface area contributed by atoms with Gasteiger partial charge in [0.25, 0.3) is 5.91 Å². The number of morpholine rings is 1. The number of hydrogen-bond acceptors (Lipinski definition) is 5. The number of ether oxygens (including phenoxy) is 2. The van der Waals surface area contributed by atoms with Crippen LogP contribution in [0.4, 0.5) is 0 Å². The lowest BCUT2D eigenvalue weighted by molar-refractivity contribution is 0.0730. The predicted octanol–water partition coefficient (Wildman–Crippen LogP) is 1.52. The van der Waals surface area contributed by atoms with Crippen molar-refractivity contribution in [2.45, 2.75) is 4.90 Å². The number of carbonyl (C=O) groups is 1. The minimum absolute atomic E-state index is 0.161. The van der Waals surface area contributed by atoms with Gasteiger partial charge in [0, 0.05) is 18.7 Å². The molecule has 1 aliphatic rings. The lowest BCUT2D eigenvalue weighted by atomic mass is 10.2. The van der Waals surface area contributed by atoms with Gasteiger partial charge in [0.1, 0.15) is 12.4 Å². The van der Waals surface area contributed by atoms with E-state index < -0.39 is 10.0 Å². The largest absolute Gasteiger partial charge is 0.492 e. The van der Waals surface area contributed by atoms with Crippen LogP contribution in [0.2, 0.25) is 0 Å². The Morgan fingerprint density at radius 3 is 2.37 bits per heavy atom. The van der Waals surface area contributed by atoms with Crippen LogP contribution in [-0.2, 0) is 14.8 Å². The smallest absolute Gasteiger partial charge is 0.251 e. The lowest BCUT2D eigenvalue weighted by Gasteiger charge is -2.26. The third-order valence-corrected chi connectivity index (χ3v) is 6.04. The molecule has 7 nitrogen and oxygen atoms in total. The Balaban J connectivity index is 1.48. The Kier molecular flexibility index (Phi) is 6.44. The van der Waals surface area contributed by atoms with Gasteiger partial charge in [0.15, 0.2) is 0 Å². The van der Waals surface area contributed by atoms with Crippen LogP contribution in [0.25, 0.3) is 0 Å². The van der Waals surface area contributed by atoms with Crippen molar-refractivity contribution in [3.63, 3.8) is 0 Å². The Morgan fingerprint density at radius 2 is 1.70 bits per heavy atom. The van der Waals surface area contributed by atoms with Crippen LogP contribution < -0.4 is 10.1 Å². The first-order valence-electron chi connectivity index (χ1n) is 8.71. The summed E-state index contributed by atoms with van der Waals surface area (Å²) in [6.07, 6.45) is 0. The van der Waals surface area contributed by atoms with E-state index in [1.54, 1.807) is 36.4 Å². The van der Waals surface area contributed by atoms with Crippen molar-refractivity contribution in [2.24, 2.45) is 0 Å². The number of amides is 1. The zero-order valence-corrected chi connectivity index (χ0v) is 15.7. The second kappa shape index (κ2) is 8.98. The minimum Gasteiger partial charge on any atom is -0.492 e. The van der Waals surface area contributed by atoms with E-state index in [9.17, 15) is 13.2 Å². The van der Waals surface area contributed by atoms with Crippen molar-refractivity contribution in [3.05, 3.63) is 60.2 Å². The van der Waals surface area contributed by atoms with Gasteiger partial charge in [-0.25, -0.2) is 8.42 Å². The Morgan fingerprint density at radius 1 is 1.04 bits per heavy atom. The summed E-state index contributed by atoms with van der Waals surface area (Å²) >= 11 is 0. The van der Waals surface area contributed by atoms with Gasteiger partial charge in [-0.15, -0.1) is 0 Å². The van der Waals surface area contributed by atoms with Crippen molar-refractivity contribution in [1.29, 1.82) is 0 Å². The fourth-order valence-electron chi connectivity index (χ4n) is 2.67. The van der Waals surface area contributed by atoms with E-state index >= 15 is 0 Å². The van der Waals surface area contributed by atoms with E-state index in [2.05, 4.69) is 5.32 Å². The van der Waals surface area contributed by atoms with E-state index in [-0.39, 0.29) is 17.4 Å². The summed E-state index contributed by atoms with van der Waals surface area (Å²) in [5, 5.41) is 2.77. The van der Waals surface area contributed by atoms with Gasteiger partial charge in [0.05, 0.1) is 24.7 Å². The standard InChI is InChI=1S/C19H22N2O5S/c22-19(16-4-2-1-3-5-16)20-10-13-26-17-6-8-18(9-7-17)27(23,24)21-11-14-25-15-12-21/h1-9H,10-15H2,(H,20,22). The second-order valence-corrected chi connectivity index (χ2v) is 7.90. The third kappa shape index (κ3) is 5.06. The molecule has 1 aliphatic heterocycles. The molecule has 0 saturated carbocycles. The number of rotatable bonds is 7. The molecular formula is C19H22N2O5S. The molecule has 0 aliphatic carbocycles. The molecule has 2 aromatic rings. The maximum atomic E-state index is 12.6. The maximum absolute atomic E-state index is 12.6. The highest BCUT2D eigenvalue weighted by Crippen LogP contribution is 2.20. The zero-order valence-electron chi connectivity index (χ0n) is 14.8. The highest BCUT2D eigenvalue weighted by Gasteiger charge is 2.26. The first-order chi connectivity index (χ1) is 13.1. The molecule has 0 radical (unpaired) electrons. The molecule has 3 rings (SSSR count). The second-order valence-electron chi connectivity index (χ2n) is 5.96. The van der Waals surface area contributed by atoms with Crippen LogP contribution in [0, 0.1) is 0 Å². The predicted molar refractivity (Wildman–Crippen MR) is 100 cm³/mol. The summed E-state index contributed by atoms with van der Waals surface area (Å²) in [7, 11) is -3.51. The number of sulfonamides is 1. The SMILES string of the molecule is O=C(NCCOc1ccc(S(=O)(=O)N2CCOCC2)cc1)c1ccccc1. The highest BCUT2D eigenvalue weighted by molar-refractivity contribution is 7.89. The van der Waals surface area contributed by atoms with Crippen molar-refractivity contribution >= 4 is 15.9 Å². The normalized spacial score (nSPS) is 15.3. The van der Waals surface area contributed by atoms with Crippen molar-refractivity contribution in [2.75, 3.05) is 39.5 Å². The van der Waals surface area contributed by atoms with E-state index in [1.807, 2.05) is 6.07 Å². The fraction of sp³-hybridized carbons (Fsp3) is 0.316. The lowest BCUT2D eigenvalue weighted by Crippen LogP contribution is -2.40. The van der Waals surface area contributed by atoms with Crippen LogP contribution in [-0.4, -0.2) is 58.1 Å². The monoisotopic (exact) mass is 390 g/mol. The molecule has 8 heteroatoms. The molecule has 0 bridgehead atoms. The summed E-state index contributed by atoms with van der Waals surface area (Å²) in [4.78, 5) is 12.1. The van der Waals surface area contributed by atoms with E-state index in [4.69, 9.17) is 9.47 Å².